The Labute approximate surface area is 136 Å². The van der Waals surface area contributed by atoms with Crippen molar-refractivity contribution >= 4 is 23.1 Å². The monoisotopic (exact) mass is 332 g/mol. The van der Waals surface area contributed by atoms with Crippen molar-refractivity contribution in [2.45, 2.75) is 12.2 Å². The van der Waals surface area contributed by atoms with Crippen molar-refractivity contribution in [1.82, 2.24) is 24.9 Å². The van der Waals surface area contributed by atoms with Gasteiger partial charge in [0.1, 0.15) is 12.0 Å². The van der Waals surface area contributed by atoms with Gasteiger partial charge in [0, 0.05) is 19.3 Å². The minimum Gasteiger partial charge on any atom is -0.363 e. The SMILES string of the molecule is FC1CNCC1Nc1cccc(-c2cnn3cc(Cl)cnc23)n1. The summed E-state index contributed by atoms with van der Waals surface area (Å²) >= 11 is 5.92. The molecule has 0 radical (unpaired) electrons. The predicted molar refractivity (Wildman–Crippen MR) is 86.4 cm³/mol. The number of nitrogens with zero attached hydrogens (tertiary/aromatic N) is 4. The molecule has 0 aromatic carbocycles. The molecule has 1 fully saturated rings. The van der Waals surface area contributed by atoms with Gasteiger partial charge in [0.05, 0.1) is 34.7 Å². The Hall–Kier alpha value is -2.25. The molecule has 0 bridgehead atoms. The minimum atomic E-state index is -0.916. The fraction of sp³-hybridized carbons (Fsp3) is 0.267. The molecule has 0 spiro atoms. The Morgan fingerprint density at radius 1 is 1.30 bits per heavy atom. The van der Waals surface area contributed by atoms with Crippen LogP contribution in [0.2, 0.25) is 5.02 Å². The van der Waals surface area contributed by atoms with Gasteiger partial charge in [-0.1, -0.05) is 17.7 Å². The summed E-state index contributed by atoms with van der Waals surface area (Å²) in [6.07, 6.45) is 4.04. The van der Waals surface area contributed by atoms with Gasteiger partial charge >= 0.3 is 0 Å². The lowest BCUT2D eigenvalue weighted by molar-refractivity contribution is 0.342. The van der Waals surface area contributed by atoms with Gasteiger partial charge in [0.25, 0.3) is 0 Å². The molecule has 2 N–H and O–H groups in total. The van der Waals surface area contributed by atoms with Crippen LogP contribution >= 0.6 is 11.6 Å². The summed E-state index contributed by atoms with van der Waals surface area (Å²) in [7, 11) is 0. The van der Waals surface area contributed by atoms with E-state index in [2.05, 4.69) is 25.7 Å². The second kappa shape index (κ2) is 5.75. The zero-order valence-electron chi connectivity index (χ0n) is 12.1. The lowest BCUT2D eigenvalue weighted by atomic mass is 10.2. The Kier molecular flexibility index (Phi) is 3.59. The van der Waals surface area contributed by atoms with Crippen molar-refractivity contribution in [3.8, 4) is 11.3 Å². The summed E-state index contributed by atoms with van der Waals surface area (Å²) in [5.41, 5.74) is 2.19. The molecule has 0 saturated carbocycles. The van der Waals surface area contributed by atoms with Crippen LogP contribution in [-0.2, 0) is 0 Å². The van der Waals surface area contributed by atoms with Crippen molar-refractivity contribution in [3.05, 3.63) is 41.8 Å². The summed E-state index contributed by atoms with van der Waals surface area (Å²) in [6.45, 7) is 0.958. The molecule has 3 aromatic heterocycles. The minimum absolute atomic E-state index is 0.265. The number of aromatic nitrogens is 4. The lowest BCUT2D eigenvalue weighted by Crippen LogP contribution is -2.29. The van der Waals surface area contributed by atoms with E-state index in [1.165, 1.54) is 0 Å². The highest BCUT2D eigenvalue weighted by Gasteiger charge is 2.26. The standard InChI is InChI=1S/C15H14ClFN6/c16-9-4-19-15-10(5-20-23(15)8-9)12-2-1-3-14(21-12)22-13-7-18-6-11(13)17/h1-5,8,11,13,18H,6-7H2,(H,21,22). The van der Waals surface area contributed by atoms with Crippen LogP contribution in [-0.4, -0.2) is 44.9 Å². The predicted octanol–water partition coefficient (Wildman–Crippen LogP) is 2.17. The summed E-state index contributed by atoms with van der Waals surface area (Å²) in [5.74, 6) is 0.632. The van der Waals surface area contributed by atoms with Crippen molar-refractivity contribution in [3.63, 3.8) is 0 Å². The fourth-order valence-corrected chi connectivity index (χ4v) is 2.82. The molecule has 1 aliphatic heterocycles. The number of rotatable bonds is 3. The molecule has 2 atom stereocenters. The van der Waals surface area contributed by atoms with E-state index in [1.807, 2.05) is 18.2 Å². The average molecular weight is 333 g/mol. The first kappa shape index (κ1) is 14.3. The van der Waals surface area contributed by atoms with Gasteiger partial charge in [-0.25, -0.2) is 18.9 Å². The maximum absolute atomic E-state index is 13.7. The van der Waals surface area contributed by atoms with Gasteiger partial charge in [-0.3, -0.25) is 0 Å². The van der Waals surface area contributed by atoms with Gasteiger partial charge in [0.15, 0.2) is 5.65 Å². The molecule has 3 aromatic rings. The number of hydrogen-bond acceptors (Lipinski definition) is 5. The number of alkyl halides is 1. The van der Waals surface area contributed by atoms with E-state index in [1.54, 1.807) is 23.1 Å². The van der Waals surface area contributed by atoms with Crippen LogP contribution in [0.1, 0.15) is 0 Å². The highest BCUT2D eigenvalue weighted by Crippen LogP contribution is 2.24. The van der Waals surface area contributed by atoms with Crippen LogP contribution in [0.3, 0.4) is 0 Å². The molecule has 23 heavy (non-hydrogen) atoms. The van der Waals surface area contributed by atoms with Gasteiger partial charge in [0.2, 0.25) is 0 Å². The Bertz CT molecular complexity index is 851. The molecule has 1 aliphatic rings. The van der Waals surface area contributed by atoms with Crippen LogP contribution in [0.4, 0.5) is 10.2 Å². The van der Waals surface area contributed by atoms with E-state index < -0.39 is 6.17 Å². The smallest absolute Gasteiger partial charge is 0.164 e. The molecule has 4 heterocycles. The topological polar surface area (TPSA) is 67.1 Å². The Balaban J connectivity index is 1.67. The molecule has 8 heteroatoms. The van der Waals surface area contributed by atoms with Gasteiger partial charge < -0.3 is 10.6 Å². The van der Waals surface area contributed by atoms with Crippen molar-refractivity contribution in [2.75, 3.05) is 18.4 Å². The number of pyridine rings is 1. The molecule has 118 valence electrons. The van der Waals surface area contributed by atoms with E-state index in [9.17, 15) is 4.39 Å². The van der Waals surface area contributed by atoms with E-state index in [4.69, 9.17) is 11.6 Å². The highest BCUT2D eigenvalue weighted by atomic mass is 35.5. The maximum atomic E-state index is 13.7. The zero-order valence-corrected chi connectivity index (χ0v) is 12.8. The van der Waals surface area contributed by atoms with Crippen LogP contribution in [0.15, 0.2) is 36.8 Å². The first-order valence-corrected chi connectivity index (χ1v) is 7.66. The Morgan fingerprint density at radius 2 is 2.22 bits per heavy atom. The highest BCUT2D eigenvalue weighted by molar-refractivity contribution is 6.30. The van der Waals surface area contributed by atoms with Gasteiger partial charge in [-0.15, -0.1) is 0 Å². The second-order valence-corrected chi connectivity index (χ2v) is 5.87. The second-order valence-electron chi connectivity index (χ2n) is 5.43. The molecular formula is C15H14ClFN6. The molecule has 4 rings (SSSR count). The third-order valence-electron chi connectivity index (χ3n) is 3.82. The summed E-state index contributed by atoms with van der Waals surface area (Å²) in [5, 5.41) is 10.9. The average Bonchev–Trinajstić information content (AvgIpc) is 3.14. The van der Waals surface area contributed by atoms with E-state index in [0.29, 0.717) is 29.6 Å². The molecule has 1 saturated heterocycles. The van der Waals surface area contributed by atoms with Crippen LogP contribution in [0.25, 0.3) is 16.9 Å². The van der Waals surface area contributed by atoms with Crippen molar-refractivity contribution in [1.29, 1.82) is 0 Å². The number of anilines is 1. The first-order chi connectivity index (χ1) is 11.2. The van der Waals surface area contributed by atoms with Crippen LogP contribution in [0, 0.1) is 0 Å². The normalized spacial score (nSPS) is 21.0. The largest absolute Gasteiger partial charge is 0.363 e. The quantitative estimate of drug-likeness (QED) is 0.769. The van der Waals surface area contributed by atoms with E-state index in [-0.39, 0.29) is 6.04 Å². The number of hydrogen-bond donors (Lipinski definition) is 2. The van der Waals surface area contributed by atoms with Crippen LogP contribution in [0.5, 0.6) is 0 Å². The van der Waals surface area contributed by atoms with Gasteiger partial charge in [-0.2, -0.15) is 5.10 Å². The van der Waals surface area contributed by atoms with E-state index in [0.717, 1.165) is 11.3 Å². The summed E-state index contributed by atoms with van der Waals surface area (Å²) < 4.78 is 15.3. The third-order valence-corrected chi connectivity index (χ3v) is 4.02. The third kappa shape index (κ3) is 2.73. The fourth-order valence-electron chi connectivity index (χ4n) is 2.68. The summed E-state index contributed by atoms with van der Waals surface area (Å²) in [6, 6.07) is 5.31. The molecule has 0 amide bonds. The first-order valence-electron chi connectivity index (χ1n) is 7.28. The van der Waals surface area contributed by atoms with Crippen molar-refractivity contribution in [2.24, 2.45) is 0 Å². The van der Waals surface area contributed by atoms with E-state index >= 15 is 0 Å². The molecule has 2 unspecified atom stereocenters. The maximum Gasteiger partial charge on any atom is 0.164 e. The Morgan fingerprint density at radius 3 is 3.04 bits per heavy atom. The zero-order chi connectivity index (χ0) is 15.8. The molecule has 0 aliphatic carbocycles. The molecular weight excluding hydrogens is 319 g/mol. The number of halogens is 2. The van der Waals surface area contributed by atoms with Crippen molar-refractivity contribution < 1.29 is 4.39 Å². The van der Waals surface area contributed by atoms with Crippen LogP contribution < -0.4 is 10.6 Å². The number of nitrogens with one attached hydrogen (secondary N) is 2. The number of fused-ring (bicyclic) bond motifs is 1. The lowest BCUT2D eigenvalue weighted by Gasteiger charge is -2.15. The molecule has 6 nitrogen and oxygen atoms in total. The van der Waals surface area contributed by atoms with Gasteiger partial charge in [-0.05, 0) is 12.1 Å². The summed E-state index contributed by atoms with van der Waals surface area (Å²) in [4.78, 5) is 8.85.